The fourth-order valence-corrected chi connectivity index (χ4v) is 3.28. The Bertz CT molecular complexity index is 723. The van der Waals surface area contributed by atoms with Gasteiger partial charge in [0.2, 0.25) is 0 Å². The number of amides is 1. The molecule has 1 fully saturated rings. The first-order valence-electron chi connectivity index (χ1n) is 8.63. The van der Waals surface area contributed by atoms with Crippen molar-refractivity contribution >= 4 is 5.91 Å². The fourth-order valence-electron chi connectivity index (χ4n) is 3.28. The average Bonchev–Trinajstić information content (AvgIpc) is 3.03. The molecule has 1 amide bonds. The molecule has 1 unspecified atom stereocenters. The monoisotopic (exact) mass is 327 g/mol. The van der Waals surface area contributed by atoms with Gasteiger partial charge in [0.25, 0.3) is 5.91 Å². The van der Waals surface area contributed by atoms with Gasteiger partial charge in [-0.3, -0.25) is 9.89 Å². The van der Waals surface area contributed by atoms with Gasteiger partial charge in [0.05, 0.1) is 12.3 Å². The van der Waals surface area contributed by atoms with Gasteiger partial charge in [0, 0.05) is 30.3 Å². The van der Waals surface area contributed by atoms with Crippen LogP contribution in [0.2, 0.25) is 0 Å². The Morgan fingerprint density at radius 3 is 2.92 bits per heavy atom. The molecule has 1 N–H and O–H groups in total. The number of likely N-dealkylation sites (tertiary alicyclic amines) is 1. The number of rotatable bonds is 4. The maximum absolute atomic E-state index is 12.9. The van der Waals surface area contributed by atoms with Gasteiger partial charge in [-0.2, -0.15) is 5.10 Å². The maximum atomic E-state index is 12.9. The standard InChI is InChI=1S/C19H25N3O2/c1-4-24-18-11-15(8-7-13(18)2)19(23)22-9-5-6-16(12-22)17-10-14(3)20-21-17/h7-8,10-11,16H,4-6,9,12H2,1-3H3,(H,20,21). The Morgan fingerprint density at radius 1 is 1.38 bits per heavy atom. The number of ether oxygens (including phenoxy) is 1. The van der Waals surface area contributed by atoms with Crippen LogP contribution in [0.25, 0.3) is 0 Å². The number of H-pyrrole nitrogens is 1. The molecule has 0 bridgehead atoms. The molecule has 5 nitrogen and oxygen atoms in total. The molecule has 1 aromatic carbocycles. The molecule has 1 atom stereocenters. The van der Waals surface area contributed by atoms with E-state index in [2.05, 4.69) is 16.3 Å². The molecule has 0 spiro atoms. The van der Waals surface area contributed by atoms with Gasteiger partial charge in [0.15, 0.2) is 0 Å². The summed E-state index contributed by atoms with van der Waals surface area (Å²) in [5, 5.41) is 7.37. The maximum Gasteiger partial charge on any atom is 0.254 e. The van der Waals surface area contributed by atoms with Crippen molar-refractivity contribution in [1.29, 1.82) is 0 Å². The summed E-state index contributed by atoms with van der Waals surface area (Å²) in [4.78, 5) is 14.8. The van der Waals surface area contributed by atoms with E-state index in [0.29, 0.717) is 18.1 Å². The van der Waals surface area contributed by atoms with Crippen LogP contribution in [-0.2, 0) is 0 Å². The van der Waals surface area contributed by atoms with Gasteiger partial charge < -0.3 is 9.64 Å². The Morgan fingerprint density at radius 2 is 2.21 bits per heavy atom. The molecule has 2 heterocycles. The van der Waals surface area contributed by atoms with Crippen molar-refractivity contribution in [2.75, 3.05) is 19.7 Å². The highest BCUT2D eigenvalue weighted by Gasteiger charge is 2.27. The number of aromatic amines is 1. The van der Waals surface area contributed by atoms with E-state index in [9.17, 15) is 4.79 Å². The van der Waals surface area contributed by atoms with Gasteiger partial charge >= 0.3 is 0 Å². The van der Waals surface area contributed by atoms with Crippen LogP contribution >= 0.6 is 0 Å². The number of hydrogen-bond acceptors (Lipinski definition) is 3. The van der Waals surface area contributed by atoms with Crippen molar-refractivity contribution in [2.24, 2.45) is 0 Å². The first kappa shape index (κ1) is 16.6. The van der Waals surface area contributed by atoms with E-state index >= 15 is 0 Å². The van der Waals surface area contributed by atoms with Crippen molar-refractivity contribution in [1.82, 2.24) is 15.1 Å². The zero-order valence-corrected chi connectivity index (χ0v) is 14.6. The lowest BCUT2D eigenvalue weighted by molar-refractivity contribution is 0.0705. The second kappa shape index (κ2) is 7.07. The number of aromatic nitrogens is 2. The van der Waals surface area contributed by atoms with Crippen LogP contribution in [0.15, 0.2) is 24.3 Å². The summed E-state index contributed by atoms with van der Waals surface area (Å²) in [6.07, 6.45) is 2.08. The molecule has 1 aromatic heterocycles. The van der Waals surface area contributed by atoms with Crippen molar-refractivity contribution in [3.8, 4) is 5.75 Å². The van der Waals surface area contributed by atoms with Crippen molar-refractivity contribution in [3.05, 3.63) is 46.8 Å². The number of benzene rings is 1. The Kier molecular flexibility index (Phi) is 4.88. The smallest absolute Gasteiger partial charge is 0.254 e. The number of piperidine rings is 1. The van der Waals surface area contributed by atoms with E-state index in [-0.39, 0.29) is 5.91 Å². The molecule has 0 radical (unpaired) electrons. The summed E-state index contributed by atoms with van der Waals surface area (Å²) in [5.74, 6) is 1.18. The van der Waals surface area contributed by atoms with E-state index in [0.717, 1.165) is 48.6 Å². The number of carbonyl (C=O) groups is 1. The van der Waals surface area contributed by atoms with E-state index in [1.54, 1.807) is 0 Å². The fraction of sp³-hybridized carbons (Fsp3) is 0.474. The van der Waals surface area contributed by atoms with Crippen LogP contribution in [0.3, 0.4) is 0 Å². The van der Waals surface area contributed by atoms with Gasteiger partial charge in [-0.25, -0.2) is 0 Å². The molecule has 3 rings (SSSR count). The lowest BCUT2D eigenvalue weighted by atomic mass is 9.94. The van der Waals surface area contributed by atoms with Crippen LogP contribution in [0.1, 0.15) is 53.0 Å². The van der Waals surface area contributed by atoms with Gasteiger partial charge in [-0.1, -0.05) is 6.07 Å². The highest BCUT2D eigenvalue weighted by Crippen LogP contribution is 2.28. The summed E-state index contributed by atoms with van der Waals surface area (Å²) >= 11 is 0. The Balaban J connectivity index is 1.76. The van der Waals surface area contributed by atoms with E-state index in [4.69, 9.17) is 4.74 Å². The summed E-state index contributed by atoms with van der Waals surface area (Å²) < 4.78 is 5.62. The number of nitrogens with one attached hydrogen (secondary N) is 1. The molecule has 1 saturated heterocycles. The van der Waals surface area contributed by atoms with Crippen LogP contribution in [0, 0.1) is 13.8 Å². The largest absolute Gasteiger partial charge is 0.494 e. The van der Waals surface area contributed by atoms with Crippen molar-refractivity contribution < 1.29 is 9.53 Å². The highest BCUT2D eigenvalue weighted by molar-refractivity contribution is 5.94. The first-order chi connectivity index (χ1) is 11.6. The molecule has 1 aliphatic rings. The quantitative estimate of drug-likeness (QED) is 0.936. The van der Waals surface area contributed by atoms with Crippen LogP contribution < -0.4 is 4.74 Å². The third-order valence-electron chi connectivity index (χ3n) is 4.59. The lowest BCUT2D eigenvalue weighted by Crippen LogP contribution is -2.39. The SMILES string of the molecule is CCOc1cc(C(=O)N2CCCC(c3cc(C)[nH]n3)C2)ccc1C. The zero-order valence-electron chi connectivity index (χ0n) is 14.6. The van der Waals surface area contributed by atoms with Crippen molar-refractivity contribution in [2.45, 2.75) is 39.5 Å². The summed E-state index contributed by atoms with van der Waals surface area (Å²) in [6.45, 7) is 8.08. The molecule has 24 heavy (non-hydrogen) atoms. The summed E-state index contributed by atoms with van der Waals surface area (Å²) in [7, 11) is 0. The molecule has 0 saturated carbocycles. The van der Waals surface area contributed by atoms with E-state index in [1.807, 2.05) is 43.9 Å². The molecule has 0 aliphatic carbocycles. The molecular weight excluding hydrogens is 302 g/mol. The normalized spacial score (nSPS) is 17.8. The molecule has 2 aromatic rings. The topological polar surface area (TPSA) is 58.2 Å². The number of nitrogens with zero attached hydrogens (tertiary/aromatic N) is 2. The summed E-state index contributed by atoms with van der Waals surface area (Å²) in [6, 6.07) is 7.79. The Labute approximate surface area is 143 Å². The summed E-state index contributed by atoms with van der Waals surface area (Å²) in [5.41, 5.74) is 3.87. The molecule has 5 heteroatoms. The number of hydrogen-bond donors (Lipinski definition) is 1. The highest BCUT2D eigenvalue weighted by atomic mass is 16.5. The molecular formula is C19H25N3O2. The van der Waals surface area contributed by atoms with Gasteiger partial charge in [-0.15, -0.1) is 0 Å². The average molecular weight is 327 g/mol. The third-order valence-corrected chi connectivity index (χ3v) is 4.59. The zero-order chi connectivity index (χ0) is 17.1. The van der Waals surface area contributed by atoms with Gasteiger partial charge in [0.1, 0.15) is 5.75 Å². The minimum absolute atomic E-state index is 0.0768. The molecule has 1 aliphatic heterocycles. The van der Waals surface area contributed by atoms with Crippen LogP contribution in [0.4, 0.5) is 0 Å². The second-order valence-electron chi connectivity index (χ2n) is 6.48. The number of carbonyl (C=O) groups excluding carboxylic acids is 1. The number of aryl methyl sites for hydroxylation is 2. The van der Waals surface area contributed by atoms with E-state index < -0.39 is 0 Å². The predicted molar refractivity (Wildman–Crippen MR) is 93.6 cm³/mol. The van der Waals surface area contributed by atoms with Crippen molar-refractivity contribution in [3.63, 3.8) is 0 Å². The third kappa shape index (κ3) is 3.45. The molecule has 128 valence electrons. The van der Waals surface area contributed by atoms with Crippen LogP contribution in [-0.4, -0.2) is 40.7 Å². The first-order valence-corrected chi connectivity index (χ1v) is 8.63. The minimum atomic E-state index is 0.0768. The van der Waals surface area contributed by atoms with E-state index in [1.165, 1.54) is 0 Å². The Hall–Kier alpha value is -2.30. The predicted octanol–water partition coefficient (Wildman–Crippen LogP) is 3.45. The second-order valence-corrected chi connectivity index (χ2v) is 6.48. The van der Waals surface area contributed by atoms with Crippen LogP contribution in [0.5, 0.6) is 5.75 Å². The minimum Gasteiger partial charge on any atom is -0.494 e. The van der Waals surface area contributed by atoms with Gasteiger partial charge in [-0.05, 0) is 57.4 Å². The lowest BCUT2D eigenvalue weighted by Gasteiger charge is -2.32.